The molecule has 3 rings (SSSR count). The third-order valence-electron chi connectivity index (χ3n) is 4.85. The van der Waals surface area contributed by atoms with Crippen LogP contribution in [0.5, 0.6) is 5.75 Å². The lowest BCUT2D eigenvalue weighted by Crippen LogP contribution is -2.42. The van der Waals surface area contributed by atoms with Crippen LogP contribution in [0.1, 0.15) is 31.5 Å². The van der Waals surface area contributed by atoms with Gasteiger partial charge in [-0.15, -0.1) is 13.2 Å². The van der Waals surface area contributed by atoms with E-state index in [0.717, 1.165) is 19.4 Å². The molecule has 0 radical (unpaired) electrons. The van der Waals surface area contributed by atoms with E-state index in [9.17, 15) is 18.0 Å². The first-order chi connectivity index (χ1) is 12.7. The van der Waals surface area contributed by atoms with Crippen LogP contribution in [-0.4, -0.2) is 34.3 Å². The van der Waals surface area contributed by atoms with Crippen molar-refractivity contribution < 1.29 is 22.7 Å². The molecule has 2 heterocycles. The molecule has 0 spiro atoms. The largest absolute Gasteiger partial charge is 0.573 e. The molecule has 1 fully saturated rings. The molecular formula is C19H22F3N3O2. The van der Waals surface area contributed by atoms with E-state index in [1.54, 1.807) is 0 Å². The number of likely N-dealkylation sites (tertiary alicyclic amines) is 1. The Morgan fingerprint density at radius 2 is 1.96 bits per heavy atom. The number of carbonyl (C=O) groups excluding carboxylic acids is 1. The molecule has 0 unspecified atom stereocenters. The van der Waals surface area contributed by atoms with Gasteiger partial charge in [0, 0.05) is 24.6 Å². The Labute approximate surface area is 155 Å². The minimum atomic E-state index is -4.74. The fourth-order valence-electron chi connectivity index (χ4n) is 3.53. The van der Waals surface area contributed by atoms with Gasteiger partial charge >= 0.3 is 6.36 Å². The standard InChI is InChI=1S/C19H22F3N3O2/c1-13(25-12-4-6-17(25)16-5-3-11-24(16)2)18(26)23-14-7-9-15(10-8-14)27-19(20,21)22/h3,5,7-11,13,17H,4,6,12H2,1-2H3,(H,23,26)/t13-,17+/m0/s1. The smallest absolute Gasteiger partial charge is 0.406 e. The fraction of sp³-hybridized carbons (Fsp3) is 0.421. The molecule has 0 aliphatic carbocycles. The van der Waals surface area contributed by atoms with Crippen LogP contribution < -0.4 is 10.1 Å². The number of ether oxygens (including phenoxy) is 1. The lowest BCUT2D eigenvalue weighted by Gasteiger charge is -2.30. The number of hydrogen-bond donors (Lipinski definition) is 1. The quantitative estimate of drug-likeness (QED) is 0.849. The fourth-order valence-corrected chi connectivity index (χ4v) is 3.53. The molecule has 0 saturated carbocycles. The number of halogens is 3. The summed E-state index contributed by atoms with van der Waals surface area (Å²) in [6.45, 7) is 2.67. The molecule has 2 aromatic rings. The number of alkyl halides is 3. The van der Waals surface area contributed by atoms with E-state index in [1.807, 2.05) is 26.2 Å². The predicted molar refractivity (Wildman–Crippen MR) is 95.3 cm³/mol. The van der Waals surface area contributed by atoms with Crippen molar-refractivity contribution in [2.45, 2.75) is 38.2 Å². The highest BCUT2D eigenvalue weighted by atomic mass is 19.4. The van der Waals surface area contributed by atoms with Crippen molar-refractivity contribution >= 4 is 11.6 Å². The van der Waals surface area contributed by atoms with Gasteiger partial charge in [-0.05, 0) is 62.7 Å². The van der Waals surface area contributed by atoms with Crippen molar-refractivity contribution in [3.8, 4) is 5.75 Å². The zero-order chi connectivity index (χ0) is 19.6. The number of benzene rings is 1. The lowest BCUT2D eigenvalue weighted by atomic mass is 10.1. The zero-order valence-electron chi connectivity index (χ0n) is 15.2. The van der Waals surface area contributed by atoms with E-state index in [0.29, 0.717) is 5.69 Å². The summed E-state index contributed by atoms with van der Waals surface area (Å²) in [7, 11) is 1.99. The second-order valence-corrected chi connectivity index (χ2v) is 6.68. The first-order valence-electron chi connectivity index (χ1n) is 8.78. The molecule has 1 amide bonds. The van der Waals surface area contributed by atoms with Gasteiger partial charge in [-0.3, -0.25) is 9.69 Å². The van der Waals surface area contributed by atoms with E-state index < -0.39 is 6.36 Å². The van der Waals surface area contributed by atoms with Crippen molar-refractivity contribution in [1.82, 2.24) is 9.47 Å². The van der Waals surface area contributed by atoms with Crippen LogP contribution in [0.25, 0.3) is 0 Å². The Balaban J connectivity index is 1.64. The summed E-state index contributed by atoms with van der Waals surface area (Å²) in [6.07, 6.45) is -0.752. The van der Waals surface area contributed by atoms with Crippen LogP contribution in [-0.2, 0) is 11.8 Å². The van der Waals surface area contributed by atoms with Gasteiger partial charge in [-0.2, -0.15) is 0 Å². The number of aromatic nitrogens is 1. The number of nitrogens with one attached hydrogen (secondary N) is 1. The van der Waals surface area contributed by atoms with Gasteiger partial charge in [0.05, 0.1) is 12.1 Å². The van der Waals surface area contributed by atoms with Gasteiger partial charge in [0.2, 0.25) is 5.91 Å². The molecule has 2 atom stereocenters. The predicted octanol–water partition coefficient (Wildman–Crippen LogP) is 4.09. The Hall–Kier alpha value is -2.48. The third kappa shape index (κ3) is 4.63. The molecule has 8 heteroatoms. The highest BCUT2D eigenvalue weighted by Crippen LogP contribution is 2.34. The Morgan fingerprint density at radius 3 is 2.56 bits per heavy atom. The highest BCUT2D eigenvalue weighted by molar-refractivity contribution is 5.94. The molecule has 1 aliphatic rings. The summed E-state index contributed by atoms with van der Waals surface area (Å²) < 4.78 is 42.5. The second-order valence-electron chi connectivity index (χ2n) is 6.68. The van der Waals surface area contributed by atoms with Crippen LogP contribution in [0.3, 0.4) is 0 Å². The van der Waals surface area contributed by atoms with Gasteiger partial charge < -0.3 is 14.6 Å². The molecule has 1 saturated heterocycles. The second kappa shape index (κ2) is 7.64. The van der Waals surface area contributed by atoms with Crippen LogP contribution in [0.2, 0.25) is 0 Å². The van der Waals surface area contributed by atoms with Gasteiger partial charge in [0.15, 0.2) is 0 Å². The monoisotopic (exact) mass is 381 g/mol. The highest BCUT2D eigenvalue weighted by Gasteiger charge is 2.34. The molecule has 1 N–H and O–H groups in total. The molecule has 5 nitrogen and oxygen atoms in total. The van der Waals surface area contributed by atoms with Crippen molar-refractivity contribution in [2.75, 3.05) is 11.9 Å². The van der Waals surface area contributed by atoms with Crippen molar-refractivity contribution in [3.63, 3.8) is 0 Å². The van der Waals surface area contributed by atoms with E-state index >= 15 is 0 Å². The summed E-state index contributed by atoms with van der Waals surface area (Å²) in [5, 5.41) is 2.76. The number of aryl methyl sites for hydroxylation is 1. The SMILES string of the molecule is C[C@@H](C(=O)Nc1ccc(OC(F)(F)F)cc1)N1CCC[C@@H]1c1cccn1C. The number of carbonyl (C=O) groups is 1. The average Bonchev–Trinajstić information content (AvgIpc) is 3.22. The molecule has 1 aromatic carbocycles. The Bertz CT molecular complexity index is 786. The summed E-state index contributed by atoms with van der Waals surface area (Å²) in [5.74, 6) is -0.516. The third-order valence-corrected chi connectivity index (χ3v) is 4.85. The lowest BCUT2D eigenvalue weighted by molar-refractivity contribution is -0.274. The number of nitrogens with zero attached hydrogens (tertiary/aromatic N) is 2. The van der Waals surface area contributed by atoms with E-state index in [1.165, 1.54) is 30.0 Å². The van der Waals surface area contributed by atoms with Gasteiger partial charge in [0.1, 0.15) is 5.75 Å². The van der Waals surface area contributed by atoms with Crippen molar-refractivity contribution in [1.29, 1.82) is 0 Å². The van der Waals surface area contributed by atoms with Crippen LogP contribution in [0, 0.1) is 0 Å². The van der Waals surface area contributed by atoms with Crippen molar-refractivity contribution in [3.05, 3.63) is 48.3 Å². The zero-order valence-corrected chi connectivity index (χ0v) is 15.2. The van der Waals surface area contributed by atoms with Crippen LogP contribution in [0.15, 0.2) is 42.6 Å². The van der Waals surface area contributed by atoms with Gasteiger partial charge in [-0.25, -0.2) is 0 Å². The van der Waals surface area contributed by atoms with Crippen LogP contribution >= 0.6 is 0 Å². The molecule has 146 valence electrons. The van der Waals surface area contributed by atoms with E-state index in [4.69, 9.17) is 0 Å². The van der Waals surface area contributed by atoms with Crippen LogP contribution in [0.4, 0.5) is 18.9 Å². The van der Waals surface area contributed by atoms with Gasteiger partial charge in [-0.1, -0.05) is 0 Å². The Morgan fingerprint density at radius 1 is 1.26 bits per heavy atom. The van der Waals surface area contributed by atoms with Gasteiger partial charge in [0.25, 0.3) is 0 Å². The Kier molecular flexibility index (Phi) is 5.46. The summed E-state index contributed by atoms with van der Waals surface area (Å²) in [4.78, 5) is 14.8. The topological polar surface area (TPSA) is 46.5 Å². The summed E-state index contributed by atoms with van der Waals surface area (Å²) in [5.41, 5.74) is 1.59. The first kappa shape index (κ1) is 19.3. The molecule has 1 aromatic heterocycles. The number of anilines is 1. The minimum absolute atomic E-state index is 0.174. The first-order valence-corrected chi connectivity index (χ1v) is 8.78. The molecular weight excluding hydrogens is 359 g/mol. The number of rotatable bonds is 5. The molecule has 27 heavy (non-hydrogen) atoms. The number of amides is 1. The molecule has 0 bridgehead atoms. The summed E-state index contributed by atoms with van der Waals surface area (Å²) >= 11 is 0. The summed E-state index contributed by atoms with van der Waals surface area (Å²) in [6, 6.07) is 9.00. The maximum atomic E-state index is 12.6. The normalized spacial score (nSPS) is 19.1. The minimum Gasteiger partial charge on any atom is -0.406 e. The van der Waals surface area contributed by atoms with E-state index in [2.05, 4.69) is 25.6 Å². The maximum Gasteiger partial charge on any atom is 0.573 e. The molecule has 1 aliphatic heterocycles. The van der Waals surface area contributed by atoms with E-state index in [-0.39, 0.29) is 23.7 Å². The van der Waals surface area contributed by atoms with Crippen molar-refractivity contribution in [2.24, 2.45) is 7.05 Å². The maximum absolute atomic E-state index is 12.6. The average molecular weight is 381 g/mol. The number of hydrogen-bond acceptors (Lipinski definition) is 3.